The Morgan fingerprint density at radius 1 is 1.28 bits per heavy atom. The zero-order valence-electron chi connectivity index (χ0n) is 11.6. The second kappa shape index (κ2) is 6.91. The summed E-state index contributed by atoms with van der Waals surface area (Å²) in [6.45, 7) is 7.53. The van der Waals surface area contributed by atoms with E-state index < -0.39 is 0 Å². The third kappa shape index (κ3) is 4.11. The van der Waals surface area contributed by atoms with Gasteiger partial charge >= 0.3 is 0 Å². The Balaban J connectivity index is 1.70. The van der Waals surface area contributed by atoms with Crippen LogP contribution in [-0.4, -0.2) is 19.3 Å². The van der Waals surface area contributed by atoms with Crippen molar-refractivity contribution in [3.63, 3.8) is 0 Å². The topological polar surface area (TPSA) is 21.3 Å². The lowest BCUT2D eigenvalue weighted by Crippen LogP contribution is -2.34. The molecule has 1 aliphatic rings. The van der Waals surface area contributed by atoms with Crippen LogP contribution in [0.5, 0.6) is 0 Å². The average molecular weight is 247 g/mol. The molecule has 2 nitrogen and oxygen atoms in total. The molecule has 0 radical (unpaired) electrons. The molecule has 0 aliphatic carbocycles. The molecule has 0 unspecified atom stereocenters. The van der Waals surface area contributed by atoms with Crippen molar-refractivity contribution in [1.82, 2.24) is 5.32 Å². The van der Waals surface area contributed by atoms with Crippen molar-refractivity contribution in [1.29, 1.82) is 0 Å². The van der Waals surface area contributed by atoms with Crippen LogP contribution in [0, 0.1) is 11.8 Å². The van der Waals surface area contributed by atoms with Crippen molar-refractivity contribution in [3.05, 3.63) is 35.9 Å². The molecule has 18 heavy (non-hydrogen) atoms. The fraction of sp³-hybridized carbons (Fsp3) is 0.625. The lowest BCUT2D eigenvalue weighted by Gasteiger charge is -2.32. The van der Waals surface area contributed by atoms with Crippen LogP contribution in [0.2, 0.25) is 0 Å². The largest absolute Gasteiger partial charge is 0.378 e. The van der Waals surface area contributed by atoms with Crippen LogP contribution in [0.25, 0.3) is 0 Å². The standard InChI is InChI=1S/C16H25NO/c1-13(2)16-10-15(8-9-18-16)12-17-11-14-6-4-3-5-7-14/h3-7,13,15-17H,8-12H2,1-2H3/t15-,16-/m0/s1. The Bertz CT molecular complexity index is 336. The second-order valence-corrected chi connectivity index (χ2v) is 5.66. The maximum Gasteiger partial charge on any atom is 0.0601 e. The van der Waals surface area contributed by atoms with Gasteiger partial charge in [-0.3, -0.25) is 0 Å². The van der Waals surface area contributed by atoms with E-state index in [0.717, 1.165) is 25.6 Å². The smallest absolute Gasteiger partial charge is 0.0601 e. The molecule has 2 rings (SSSR count). The first-order valence-electron chi connectivity index (χ1n) is 7.12. The van der Waals surface area contributed by atoms with Gasteiger partial charge in [-0.25, -0.2) is 0 Å². The predicted molar refractivity (Wildman–Crippen MR) is 75.5 cm³/mol. The Morgan fingerprint density at radius 3 is 2.78 bits per heavy atom. The highest BCUT2D eigenvalue weighted by atomic mass is 16.5. The van der Waals surface area contributed by atoms with E-state index in [4.69, 9.17) is 4.74 Å². The molecule has 0 spiro atoms. The number of nitrogens with one attached hydrogen (secondary N) is 1. The minimum absolute atomic E-state index is 0.460. The van der Waals surface area contributed by atoms with E-state index in [1.807, 2.05) is 0 Å². The van der Waals surface area contributed by atoms with Crippen molar-refractivity contribution in [2.75, 3.05) is 13.2 Å². The average Bonchev–Trinajstić information content (AvgIpc) is 2.40. The Morgan fingerprint density at radius 2 is 2.06 bits per heavy atom. The molecule has 0 saturated carbocycles. The summed E-state index contributed by atoms with van der Waals surface area (Å²) < 4.78 is 5.81. The van der Waals surface area contributed by atoms with Crippen LogP contribution in [0.3, 0.4) is 0 Å². The van der Waals surface area contributed by atoms with Crippen LogP contribution in [-0.2, 0) is 11.3 Å². The first-order chi connectivity index (χ1) is 8.75. The second-order valence-electron chi connectivity index (χ2n) is 5.66. The zero-order valence-corrected chi connectivity index (χ0v) is 11.6. The lowest BCUT2D eigenvalue weighted by atomic mass is 9.90. The predicted octanol–water partition coefficient (Wildman–Crippen LogP) is 3.23. The summed E-state index contributed by atoms with van der Waals surface area (Å²) in [5.41, 5.74) is 1.37. The summed E-state index contributed by atoms with van der Waals surface area (Å²) in [6, 6.07) is 10.6. The quantitative estimate of drug-likeness (QED) is 0.862. The molecule has 1 N–H and O–H groups in total. The van der Waals surface area contributed by atoms with Gasteiger partial charge in [-0.05, 0) is 36.8 Å². The molecular weight excluding hydrogens is 222 g/mol. The van der Waals surface area contributed by atoms with Crippen LogP contribution >= 0.6 is 0 Å². The lowest BCUT2D eigenvalue weighted by molar-refractivity contribution is -0.0336. The number of hydrogen-bond acceptors (Lipinski definition) is 2. The molecule has 1 saturated heterocycles. The maximum atomic E-state index is 5.81. The van der Waals surface area contributed by atoms with Crippen LogP contribution in [0.15, 0.2) is 30.3 Å². The Kier molecular flexibility index (Phi) is 5.21. The molecule has 0 amide bonds. The fourth-order valence-corrected chi connectivity index (χ4v) is 2.57. The van der Waals surface area contributed by atoms with E-state index in [1.165, 1.54) is 18.4 Å². The van der Waals surface area contributed by atoms with Crippen LogP contribution in [0.4, 0.5) is 0 Å². The SMILES string of the molecule is CC(C)[C@@H]1C[C@@H](CNCc2ccccc2)CCO1. The van der Waals surface area contributed by atoms with Gasteiger partial charge < -0.3 is 10.1 Å². The zero-order chi connectivity index (χ0) is 12.8. The minimum atomic E-state index is 0.460. The van der Waals surface area contributed by atoms with Crippen LogP contribution < -0.4 is 5.32 Å². The van der Waals surface area contributed by atoms with Gasteiger partial charge in [-0.15, -0.1) is 0 Å². The van der Waals surface area contributed by atoms with Gasteiger partial charge in [0.2, 0.25) is 0 Å². The van der Waals surface area contributed by atoms with Crippen molar-refractivity contribution in [2.45, 2.75) is 39.3 Å². The molecule has 1 aromatic carbocycles. The van der Waals surface area contributed by atoms with Crippen LogP contribution in [0.1, 0.15) is 32.3 Å². The normalized spacial score (nSPS) is 24.4. The molecular formula is C16H25NO. The summed E-state index contributed by atoms with van der Waals surface area (Å²) in [6.07, 6.45) is 2.87. The summed E-state index contributed by atoms with van der Waals surface area (Å²) in [5, 5.41) is 3.58. The van der Waals surface area contributed by atoms with Gasteiger partial charge in [0.15, 0.2) is 0 Å². The number of hydrogen-bond donors (Lipinski definition) is 1. The number of ether oxygens (including phenoxy) is 1. The Labute approximate surface area is 111 Å². The van der Waals surface area contributed by atoms with Crippen molar-refractivity contribution in [3.8, 4) is 0 Å². The monoisotopic (exact) mass is 247 g/mol. The number of benzene rings is 1. The van der Waals surface area contributed by atoms with E-state index in [0.29, 0.717) is 12.0 Å². The van der Waals surface area contributed by atoms with E-state index in [1.54, 1.807) is 0 Å². The molecule has 0 aromatic heterocycles. The van der Waals surface area contributed by atoms with E-state index in [9.17, 15) is 0 Å². The van der Waals surface area contributed by atoms with E-state index in [2.05, 4.69) is 49.5 Å². The summed E-state index contributed by atoms with van der Waals surface area (Å²) in [5.74, 6) is 1.41. The molecule has 1 fully saturated rings. The Hall–Kier alpha value is -0.860. The van der Waals surface area contributed by atoms with E-state index in [-0.39, 0.29) is 0 Å². The summed E-state index contributed by atoms with van der Waals surface area (Å²) in [4.78, 5) is 0. The van der Waals surface area contributed by atoms with Gasteiger partial charge in [0, 0.05) is 13.2 Å². The first-order valence-corrected chi connectivity index (χ1v) is 7.12. The number of rotatable bonds is 5. The fourth-order valence-electron chi connectivity index (χ4n) is 2.57. The van der Waals surface area contributed by atoms with Crippen molar-refractivity contribution in [2.24, 2.45) is 11.8 Å². The molecule has 2 atom stereocenters. The summed E-state index contributed by atoms with van der Waals surface area (Å²) in [7, 11) is 0. The van der Waals surface area contributed by atoms with E-state index >= 15 is 0 Å². The molecule has 1 aromatic rings. The van der Waals surface area contributed by atoms with Gasteiger partial charge in [-0.1, -0.05) is 44.2 Å². The highest BCUT2D eigenvalue weighted by Gasteiger charge is 2.24. The first kappa shape index (κ1) is 13.6. The third-order valence-electron chi connectivity index (χ3n) is 3.77. The summed E-state index contributed by atoms with van der Waals surface area (Å²) >= 11 is 0. The molecule has 1 heterocycles. The molecule has 2 heteroatoms. The molecule has 100 valence electrons. The van der Waals surface area contributed by atoms with Gasteiger partial charge in [0.1, 0.15) is 0 Å². The molecule has 1 aliphatic heterocycles. The third-order valence-corrected chi connectivity index (χ3v) is 3.77. The van der Waals surface area contributed by atoms with Crippen molar-refractivity contribution < 1.29 is 4.74 Å². The highest BCUT2D eigenvalue weighted by Crippen LogP contribution is 2.24. The minimum Gasteiger partial charge on any atom is -0.378 e. The van der Waals surface area contributed by atoms with Gasteiger partial charge in [-0.2, -0.15) is 0 Å². The molecule has 0 bridgehead atoms. The maximum absolute atomic E-state index is 5.81. The van der Waals surface area contributed by atoms with Gasteiger partial charge in [0.25, 0.3) is 0 Å². The van der Waals surface area contributed by atoms with Crippen molar-refractivity contribution >= 4 is 0 Å². The van der Waals surface area contributed by atoms with Gasteiger partial charge in [0.05, 0.1) is 6.10 Å². The highest BCUT2D eigenvalue weighted by molar-refractivity contribution is 5.14.